The van der Waals surface area contributed by atoms with E-state index in [0.29, 0.717) is 43.6 Å². The standard InChI is InChI=1S/C20H22F3N5O2/c1-2-30-18-14(4-3-7-24-18)19(29)28-9-6-13-5-8-27(11-15(13)28)17-10-16(20(21,22)23)25-12-26-17/h3-4,7,10,12-13,15H,2,5-6,8-9,11H2,1H3. The molecular formula is C20H22F3N5O2. The number of carbonyl (C=O) groups is 1. The van der Waals surface area contributed by atoms with Crippen molar-refractivity contribution >= 4 is 11.7 Å². The van der Waals surface area contributed by atoms with Crippen molar-refractivity contribution in [2.45, 2.75) is 32.0 Å². The largest absolute Gasteiger partial charge is 0.477 e. The van der Waals surface area contributed by atoms with Gasteiger partial charge in [-0.1, -0.05) is 0 Å². The minimum atomic E-state index is -4.53. The Kier molecular flexibility index (Phi) is 5.48. The van der Waals surface area contributed by atoms with Crippen LogP contribution in [-0.4, -0.2) is 58.0 Å². The summed E-state index contributed by atoms with van der Waals surface area (Å²) >= 11 is 0. The fourth-order valence-electron chi connectivity index (χ4n) is 4.24. The lowest BCUT2D eigenvalue weighted by atomic mass is 9.92. The molecule has 0 aromatic carbocycles. The molecule has 1 amide bonds. The summed E-state index contributed by atoms with van der Waals surface area (Å²) < 4.78 is 44.6. The summed E-state index contributed by atoms with van der Waals surface area (Å²) in [6.07, 6.45) is -0.366. The quantitative estimate of drug-likeness (QED) is 0.756. The summed E-state index contributed by atoms with van der Waals surface area (Å²) in [4.78, 5) is 28.4. The third kappa shape index (κ3) is 3.90. The molecule has 0 spiro atoms. The molecule has 2 fully saturated rings. The van der Waals surface area contributed by atoms with Crippen molar-refractivity contribution < 1.29 is 22.7 Å². The van der Waals surface area contributed by atoms with Crippen LogP contribution in [0.2, 0.25) is 0 Å². The molecule has 2 unspecified atom stereocenters. The predicted molar refractivity (Wildman–Crippen MR) is 102 cm³/mol. The van der Waals surface area contributed by atoms with Gasteiger partial charge >= 0.3 is 6.18 Å². The van der Waals surface area contributed by atoms with Crippen LogP contribution in [0.15, 0.2) is 30.7 Å². The smallest absolute Gasteiger partial charge is 0.433 e. The van der Waals surface area contributed by atoms with E-state index in [2.05, 4.69) is 15.0 Å². The van der Waals surface area contributed by atoms with Crippen molar-refractivity contribution in [1.29, 1.82) is 0 Å². The number of likely N-dealkylation sites (tertiary alicyclic amines) is 1. The topological polar surface area (TPSA) is 71.5 Å². The highest BCUT2D eigenvalue weighted by Gasteiger charge is 2.42. The first-order valence-electron chi connectivity index (χ1n) is 9.91. The van der Waals surface area contributed by atoms with Crippen LogP contribution >= 0.6 is 0 Å². The van der Waals surface area contributed by atoms with Crippen molar-refractivity contribution in [1.82, 2.24) is 19.9 Å². The fraction of sp³-hybridized carbons (Fsp3) is 0.500. The minimum Gasteiger partial charge on any atom is -0.477 e. The summed E-state index contributed by atoms with van der Waals surface area (Å²) in [5, 5.41) is 0. The van der Waals surface area contributed by atoms with E-state index in [-0.39, 0.29) is 17.8 Å². The summed E-state index contributed by atoms with van der Waals surface area (Å²) in [6.45, 7) is 3.83. The lowest BCUT2D eigenvalue weighted by Crippen LogP contribution is -2.50. The fourth-order valence-corrected chi connectivity index (χ4v) is 4.24. The first kappa shape index (κ1) is 20.4. The Morgan fingerprint density at radius 1 is 1.23 bits per heavy atom. The van der Waals surface area contributed by atoms with E-state index in [9.17, 15) is 18.0 Å². The van der Waals surface area contributed by atoms with Crippen LogP contribution < -0.4 is 9.64 Å². The number of alkyl halides is 3. The van der Waals surface area contributed by atoms with Crippen LogP contribution in [0.1, 0.15) is 35.8 Å². The van der Waals surface area contributed by atoms with Gasteiger partial charge in [0.1, 0.15) is 23.4 Å². The van der Waals surface area contributed by atoms with E-state index in [1.165, 1.54) is 0 Å². The second kappa shape index (κ2) is 8.08. The lowest BCUT2D eigenvalue weighted by molar-refractivity contribution is -0.141. The Labute approximate surface area is 171 Å². The average Bonchev–Trinajstić information content (AvgIpc) is 3.16. The highest BCUT2D eigenvalue weighted by atomic mass is 19.4. The number of nitrogens with zero attached hydrogens (tertiary/aromatic N) is 5. The number of carbonyl (C=O) groups excluding carboxylic acids is 1. The van der Waals surface area contributed by atoms with Gasteiger partial charge in [0.2, 0.25) is 5.88 Å². The number of hydrogen-bond acceptors (Lipinski definition) is 6. The van der Waals surface area contributed by atoms with Crippen LogP contribution in [0.4, 0.5) is 19.0 Å². The molecular weight excluding hydrogens is 399 g/mol. The van der Waals surface area contributed by atoms with Crippen molar-refractivity contribution in [3.8, 4) is 5.88 Å². The maximum absolute atomic E-state index is 13.2. The van der Waals surface area contributed by atoms with E-state index in [1.54, 1.807) is 28.1 Å². The van der Waals surface area contributed by atoms with E-state index >= 15 is 0 Å². The molecule has 2 aromatic rings. The summed E-state index contributed by atoms with van der Waals surface area (Å²) in [5.74, 6) is 0.666. The van der Waals surface area contributed by atoms with E-state index in [4.69, 9.17) is 4.74 Å². The lowest BCUT2D eigenvalue weighted by Gasteiger charge is -2.39. The first-order chi connectivity index (χ1) is 14.4. The van der Waals surface area contributed by atoms with Gasteiger partial charge in [-0.15, -0.1) is 0 Å². The molecule has 2 aliphatic rings. The predicted octanol–water partition coefficient (Wildman–Crippen LogP) is 3.03. The molecule has 4 heterocycles. The van der Waals surface area contributed by atoms with Crippen molar-refractivity contribution in [3.63, 3.8) is 0 Å². The van der Waals surface area contributed by atoms with E-state index < -0.39 is 11.9 Å². The van der Waals surface area contributed by atoms with Gasteiger partial charge in [0.05, 0.1) is 12.6 Å². The Morgan fingerprint density at radius 3 is 2.80 bits per heavy atom. The summed E-state index contributed by atoms with van der Waals surface area (Å²) in [6, 6.07) is 4.24. The second-order valence-corrected chi connectivity index (χ2v) is 7.40. The molecule has 7 nitrogen and oxygen atoms in total. The van der Waals surface area contributed by atoms with Crippen LogP contribution in [0.25, 0.3) is 0 Å². The molecule has 2 aliphatic heterocycles. The Balaban J connectivity index is 1.55. The molecule has 0 aliphatic carbocycles. The number of amides is 1. The zero-order chi connectivity index (χ0) is 21.3. The Bertz CT molecular complexity index is 923. The van der Waals surface area contributed by atoms with Gasteiger partial charge in [-0.2, -0.15) is 13.2 Å². The Hall–Kier alpha value is -2.91. The zero-order valence-corrected chi connectivity index (χ0v) is 16.5. The van der Waals surface area contributed by atoms with Crippen LogP contribution in [-0.2, 0) is 6.18 Å². The van der Waals surface area contributed by atoms with Crippen molar-refractivity contribution in [3.05, 3.63) is 42.0 Å². The molecule has 30 heavy (non-hydrogen) atoms. The minimum absolute atomic E-state index is 0.106. The zero-order valence-electron chi connectivity index (χ0n) is 16.5. The third-order valence-electron chi connectivity index (χ3n) is 5.67. The van der Waals surface area contributed by atoms with Gasteiger partial charge in [-0.05, 0) is 37.8 Å². The van der Waals surface area contributed by atoms with Crippen LogP contribution in [0, 0.1) is 5.92 Å². The third-order valence-corrected chi connectivity index (χ3v) is 5.67. The van der Waals surface area contributed by atoms with Gasteiger partial charge < -0.3 is 14.5 Å². The highest BCUT2D eigenvalue weighted by Crippen LogP contribution is 2.36. The molecule has 0 radical (unpaired) electrons. The van der Waals surface area contributed by atoms with Crippen molar-refractivity contribution in [2.24, 2.45) is 5.92 Å². The Morgan fingerprint density at radius 2 is 2.03 bits per heavy atom. The number of fused-ring (bicyclic) bond motifs is 1. The number of rotatable bonds is 4. The van der Waals surface area contributed by atoms with Crippen LogP contribution in [0.3, 0.4) is 0 Å². The number of anilines is 1. The van der Waals surface area contributed by atoms with Gasteiger partial charge in [0.15, 0.2) is 0 Å². The van der Waals surface area contributed by atoms with Gasteiger partial charge in [0.25, 0.3) is 5.91 Å². The molecule has 0 bridgehead atoms. The van der Waals surface area contributed by atoms with Gasteiger partial charge in [-0.25, -0.2) is 15.0 Å². The number of ether oxygens (including phenoxy) is 1. The number of piperidine rings is 1. The highest BCUT2D eigenvalue weighted by molar-refractivity contribution is 5.96. The average molecular weight is 421 g/mol. The second-order valence-electron chi connectivity index (χ2n) is 7.40. The molecule has 0 N–H and O–H groups in total. The van der Waals surface area contributed by atoms with Gasteiger partial charge in [0, 0.05) is 31.9 Å². The molecule has 160 valence electrons. The first-order valence-corrected chi connectivity index (χ1v) is 9.91. The number of aromatic nitrogens is 3. The van der Waals surface area contributed by atoms with Crippen molar-refractivity contribution in [2.75, 3.05) is 31.1 Å². The molecule has 10 heteroatoms. The SMILES string of the molecule is CCOc1ncccc1C(=O)N1CCC2CCN(c3cc(C(F)(F)F)ncn3)CC21. The van der Waals surface area contributed by atoms with E-state index in [0.717, 1.165) is 25.2 Å². The molecule has 0 saturated carbocycles. The summed E-state index contributed by atoms with van der Waals surface area (Å²) in [5.41, 5.74) is -0.566. The maximum Gasteiger partial charge on any atom is 0.433 e. The monoisotopic (exact) mass is 421 g/mol. The van der Waals surface area contributed by atoms with E-state index in [1.807, 2.05) is 6.92 Å². The molecule has 2 atom stereocenters. The number of halogens is 3. The normalized spacial score (nSPS) is 21.5. The van der Waals surface area contributed by atoms with Crippen LogP contribution in [0.5, 0.6) is 5.88 Å². The number of hydrogen-bond donors (Lipinski definition) is 0. The molecule has 2 aromatic heterocycles. The molecule has 4 rings (SSSR count). The number of pyridine rings is 1. The molecule has 2 saturated heterocycles. The summed E-state index contributed by atoms with van der Waals surface area (Å²) in [7, 11) is 0. The van der Waals surface area contributed by atoms with Gasteiger partial charge in [-0.3, -0.25) is 4.79 Å². The maximum atomic E-state index is 13.2.